The highest BCUT2D eigenvalue weighted by molar-refractivity contribution is 7.94. The van der Waals surface area contributed by atoms with Crippen LogP contribution in [0.3, 0.4) is 0 Å². The van der Waals surface area contributed by atoms with Gasteiger partial charge in [-0.1, -0.05) is 5.92 Å². The highest BCUT2D eigenvalue weighted by atomic mass is 32.2. The number of ether oxygens (including phenoxy) is 3. The lowest BCUT2D eigenvalue weighted by atomic mass is 9.94. The molecular formula is C13H13FN2O7S. The van der Waals surface area contributed by atoms with Gasteiger partial charge in [-0.15, -0.1) is 6.42 Å². The monoisotopic (exact) mass is 360 g/mol. The average molecular weight is 360 g/mol. The zero-order valence-corrected chi connectivity index (χ0v) is 13.1. The summed E-state index contributed by atoms with van der Waals surface area (Å²) in [4.78, 5) is 25.3. The molecule has 0 bridgehead atoms. The number of H-pyrrole nitrogens is 1. The Hall–Kier alpha value is -1.68. The Morgan fingerprint density at radius 3 is 2.92 bits per heavy atom. The molecule has 2 N–H and O–H groups in total. The third-order valence-electron chi connectivity index (χ3n) is 3.71. The van der Waals surface area contributed by atoms with E-state index in [9.17, 15) is 19.1 Å². The summed E-state index contributed by atoms with van der Waals surface area (Å²) in [6.45, 7) is -1.08. The van der Waals surface area contributed by atoms with Gasteiger partial charge in [-0.25, -0.2) is 9.18 Å². The summed E-state index contributed by atoms with van der Waals surface area (Å²) in [6, 6.07) is 1.04. The van der Waals surface area contributed by atoms with E-state index in [1.54, 1.807) is 0 Å². The van der Waals surface area contributed by atoms with Crippen LogP contribution in [-0.2, 0) is 18.4 Å². The normalized spacial score (nSPS) is 38.0. The van der Waals surface area contributed by atoms with Gasteiger partial charge in [0.05, 0.1) is 19.2 Å². The van der Waals surface area contributed by atoms with Gasteiger partial charge in [0, 0.05) is 12.3 Å². The molecule has 2 aliphatic heterocycles. The first kappa shape index (κ1) is 17.2. The van der Waals surface area contributed by atoms with Crippen molar-refractivity contribution in [3.05, 3.63) is 33.1 Å². The standard InChI is InChI=1S/C13H13FN2O7S/c1-3-12-8(21-11(23-12)24-20-2)13(14,6-17)22-9(12)16-5-4-7(18)15-10(16)19/h1,4-5,8-9,11,17H,6H2,2H3,(H,15,18,19)/t8-,9+,11?,12+,13+/m0/s1. The van der Waals surface area contributed by atoms with Crippen molar-refractivity contribution >= 4 is 12.0 Å². The Kier molecular flexibility index (Phi) is 4.28. The summed E-state index contributed by atoms with van der Waals surface area (Å²) in [7, 11) is 1.35. The Morgan fingerprint density at radius 2 is 2.33 bits per heavy atom. The van der Waals surface area contributed by atoms with Crippen LogP contribution in [0.1, 0.15) is 6.23 Å². The molecule has 3 rings (SSSR count). The first-order valence-electron chi connectivity index (χ1n) is 6.70. The fraction of sp³-hybridized carbons (Fsp3) is 0.538. The van der Waals surface area contributed by atoms with Crippen molar-refractivity contribution < 1.29 is 27.9 Å². The third kappa shape index (κ3) is 2.39. The van der Waals surface area contributed by atoms with Crippen molar-refractivity contribution in [2.24, 2.45) is 0 Å². The molecule has 1 aromatic heterocycles. The molecule has 0 aromatic carbocycles. The molecule has 1 unspecified atom stereocenters. The second-order valence-corrected chi connectivity index (χ2v) is 5.97. The summed E-state index contributed by atoms with van der Waals surface area (Å²) in [5, 5.41) is 9.39. The van der Waals surface area contributed by atoms with Gasteiger partial charge in [0.2, 0.25) is 11.2 Å². The van der Waals surface area contributed by atoms with Crippen LogP contribution >= 0.6 is 12.0 Å². The molecule has 5 atom stereocenters. The molecule has 9 nitrogen and oxygen atoms in total. The quantitative estimate of drug-likeness (QED) is 0.524. The van der Waals surface area contributed by atoms with Gasteiger partial charge in [-0.05, 0) is 0 Å². The number of hydrogen-bond acceptors (Lipinski definition) is 8. The highest BCUT2D eigenvalue weighted by Gasteiger charge is 2.72. The van der Waals surface area contributed by atoms with E-state index in [4.69, 9.17) is 24.8 Å². The molecule has 1 aromatic rings. The van der Waals surface area contributed by atoms with E-state index in [1.165, 1.54) is 7.11 Å². The van der Waals surface area contributed by atoms with Crippen LogP contribution in [0, 0.1) is 12.3 Å². The van der Waals surface area contributed by atoms with Crippen LogP contribution in [0.25, 0.3) is 0 Å². The van der Waals surface area contributed by atoms with Crippen LogP contribution in [0.2, 0.25) is 0 Å². The zero-order chi connectivity index (χ0) is 17.5. The Bertz CT molecular complexity index is 792. The predicted octanol–water partition coefficient (Wildman–Crippen LogP) is -0.911. The highest BCUT2D eigenvalue weighted by Crippen LogP contribution is 2.54. The van der Waals surface area contributed by atoms with E-state index in [0.717, 1.165) is 28.9 Å². The van der Waals surface area contributed by atoms with Gasteiger partial charge in [0.25, 0.3) is 11.4 Å². The van der Waals surface area contributed by atoms with E-state index in [1.807, 2.05) is 4.98 Å². The largest absolute Gasteiger partial charge is 0.390 e. The van der Waals surface area contributed by atoms with Crippen molar-refractivity contribution in [1.29, 1.82) is 0 Å². The molecule has 3 heterocycles. The predicted molar refractivity (Wildman–Crippen MR) is 78.3 cm³/mol. The molecule has 2 saturated heterocycles. The molecule has 11 heteroatoms. The number of hydrogen-bond donors (Lipinski definition) is 2. The smallest absolute Gasteiger partial charge is 0.330 e. The molecule has 0 aliphatic carbocycles. The topological polar surface area (TPSA) is 112 Å². The Labute approximate surface area is 138 Å². The summed E-state index contributed by atoms with van der Waals surface area (Å²) in [6.07, 6.45) is 3.63. The fourth-order valence-corrected chi connectivity index (χ4v) is 3.21. The Balaban J connectivity index is 2.11. The molecule has 0 saturated carbocycles. The maximum atomic E-state index is 15.0. The van der Waals surface area contributed by atoms with Crippen molar-refractivity contribution in [3.63, 3.8) is 0 Å². The molecule has 0 spiro atoms. The van der Waals surface area contributed by atoms with Crippen LogP contribution in [0.4, 0.5) is 4.39 Å². The van der Waals surface area contributed by atoms with Crippen LogP contribution < -0.4 is 11.2 Å². The van der Waals surface area contributed by atoms with Gasteiger partial charge < -0.3 is 23.5 Å². The molecule has 0 radical (unpaired) electrons. The van der Waals surface area contributed by atoms with Gasteiger partial charge in [0.1, 0.15) is 6.61 Å². The van der Waals surface area contributed by atoms with Crippen LogP contribution in [0.15, 0.2) is 21.9 Å². The second kappa shape index (κ2) is 5.99. The molecule has 24 heavy (non-hydrogen) atoms. The first-order chi connectivity index (χ1) is 11.4. The van der Waals surface area contributed by atoms with Crippen molar-refractivity contribution in [1.82, 2.24) is 9.55 Å². The number of nitrogens with zero attached hydrogens (tertiary/aromatic N) is 1. The molecular weight excluding hydrogens is 347 g/mol. The summed E-state index contributed by atoms with van der Waals surface area (Å²) in [5.41, 5.74) is -4.47. The average Bonchev–Trinajstić information content (AvgIpc) is 3.03. The van der Waals surface area contributed by atoms with E-state index >= 15 is 0 Å². The first-order valence-corrected chi connectivity index (χ1v) is 7.50. The number of aromatic amines is 1. The van der Waals surface area contributed by atoms with E-state index in [0.29, 0.717) is 0 Å². The van der Waals surface area contributed by atoms with Crippen molar-refractivity contribution in [2.75, 3.05) is 13.7 Å². The SMILES string of the molecule is C#C[C@@]12OC(SOC)O[C@@H]1[C@@](F)(CO)O[C@H]2n1ccc(=O)[nH]c1=O. The number of aliphatic hydroxyl groups excluding tert-OH is 1. The lowest BCUT2D eigenvalue weighted by molar-refractivity contribution is -0.234. The van der Waals surface area contributed by atoms with Crippen LogP contribution in [0.5, 0.6) is 0 Å². The molecule has 2 fully saturated rings. The molecule has 0 amide bonds. The van der Waals surface area contributed by atoms with E-state index in [-0.39, 0.29) is 0 Å². The summed E-state index contributed by atoms with van der Waals surface area (Å²) >= 11 is 0.736. The number of nitrogens with one attached hydrogen (secondary N) is 1. The van der Waals surface area contributed by atoms with E-state index in [2.05, 4.69) is 5.92 Å². The van der Waals surface area contributed by atoms with Crippen molar-refractivity contribution in [3.8, 4) is 12.3 Å². The molecule has 2 aliphatic rings. The zero-order valence-electron chi connectivity index (χ0n) is 12.3. The Morgan fingerprint density at radius 1 is 1.58 bits per heavy atom. The van der Waals surface area contributed by atoms with Gasteiger partial charge in [0.15, 0.2) is 12.3 Å². The second-order valence-electron chi connectivity index (χ2n) is 5.05. The summed E-state index contributed by atoms with van der Waals surface area (Å²) in [5.74, 6) is -0.449. The maximum Gasteiger partial charge on any atom is 0.330 e. The van der Waals surface area contributed by atoms with Crippen LogP contribution in [-0.4, -0.2) is 51.6 Å². The number of aromatic nitrogens is 2. The minimum absolute atomic E-state index is 0.648. The minimum Gasteiger partial charge on any atom is -0.390 e. The number of aliphatic hydroxyl groups is 1. The van der Waals surface area contributed by atoms with Crippen molar-refractivity contribution in [2.45, 2.75) is 29.4 Å². The van der Waals surface area contributed by atoms with Gasteiger partial charge in [-0.2, -0.15) is 0 Å². The number of halogens is 1. The lowest BCUT2D eigenvalue weighted by Crippen LogP contribution is -2.48. The number of fused-ring (bicyclic) bond motifs is 1. The van der Waals surface area contributed by atoms with Gasteiger partial charge in [-0.3, -0.25) is 14.3 Å². The third-order valence-corrected chi connectivity index (χ3v) is 4.27. The lowest BCUT2D eigenvalue weighted by Gasteiger charge is -2.26. The molecule has 130 valence electrons. The van der Waals surface area contributed by atoms with Gasteiger partial charge >= 0.3 is 5.69 Å². The number of terminal acetylenes is 1. The maximum absolute atomic E-state index is 15.0. The number of alkyl halides is 1. The minimum atomic E-state index is -2.71. The number of rotatable bonds is 4. The van der Waals surface area contributed by atoms with E-state index < -0.39 is 47.3 Å². The summed E-state index contributed by atoms with van der Waals surface area (Å²) < 4.78 is 36.8. The fourth-order valence-electron chi connectivity index (χ4n) is 2.70.